The molecule has 0 bridgehead atoms. The number of hydrogen-bond donors (Lipinski definition) is 2. The molecule has 1 unspecified atom stereocenters. The summed E-state index contributed by atoms with van der Waals surface area (Å²) in [6, 6.07) is 4.62. The molecule has 4 nitrogen and oxygen atoms in total. The van der Waals surface area contributed by atoms with Crippen molar-refractivity contribution in [2.75, 3.05) is 6.54 Å². The minimum atomic E-state index is -0.834. The minimum Gasteiger partial charge on any atom is -0.481 e. The van der Waals surface area contributed by atoms with Crippen LogP contribution in [-0.4, -0.2) is 23.5 Å². The molecule has 0 fully saturated rings. The second-order valence-electron chi connectivity index (χ2n) is 4.41. The standard InChI is InChI=1S/C13H15Cl2NO3/c1-8(2-3-12(17)18)7-16-13(19)9-4-10(14)6-11(15)5-9/h4-6,8H,2-3,7H2,1H3,(H,16,19)(H,17,18). The molecule has 1 atom stereocenters. The topological polar surface area (TPSA) is 66.4 Å². The molecule has 19 heavy (non-hydrogen) atoms. The van der Waals surface area contributed by atoms with Gasteiger partial charge in [-0.3, -0.25) is 9.59 Å². The van der Waals surface area contributed by atoms with Crippen LogP contribution in [0, 0.1) is 5.92 Å². The molecular formula is C13H15Cl2NO3. The largest absolute Gasteiger partial charge is 0.481 e. The molecule has 2 N–H and O–H groups in total. The van der Waals surface area contributed by atoms with Crippen molar-refractivity contribution in [1.29, 1.82) is 0 Å². The van der Waals surface area contributed by atoms with Gasteiger partial charge in [0.25, 0.3) is 5.91 Å². The number of aliphatic carboxylic acids is 1. The summed E-state index contributed by atoms with van der Waals surface area (Å²) in [4.78, 5) is 22.3. The Labute approximate surface area is 121 Å². The average molecular weight is 304 g/mol. The minimum absolute atomic E-state index is 0.0923. The highest BCUT2D eigenvalue weighted by atomic mass is 35.5. The highest BCUT2D eigenvalue weighted by molar-refractivity contribution is 6.35. The SMILES string of the molecule is CC(CCC(=O)O)CNC(=O)c1cc(Cl)cc(Cl)c1. The summed E-state index contributed by atoms with van der Waals surface area (Å²) in [6.07, 6.45) is 0.617. The van der Waals surface area contributed by atoms with Crippen LogP contribution in [-0.2, 0) is 4.79 Å². The zero-order valence-electron chi connectivity index (χ0n) is 10.5. The molecule has 0 aliphatic carbocycles. The third kappa shape index (κ3) is 5.94. The van der Waals surface area contributed by atoms with Gasteiger partial charge in [-0.2, -0.15) is 0 Å². The van der Waals surface area contributed by atoms with E-state index in [0.717, 1.165) is 0 Å². The van der Waals surface area contributed by atoms with Gasteiger partial charge in [-0.25, -0.2) is 0 Å². The molecule has 104 valence electrons. The van der Waals surface area contributed by atoms with E-state index in [4.69, 9.17) is 28.3 Å². The predicted molar refractivity (Wildman–Crippen MR) is 74.8 cm³/mol. The van der Waals surface area contributed by atoms with Crippen LogP contribution < -0.4 is 5.32 Å². The number of halogens is 2. The third-order valence-electron chi connectivity index (χ3n) is 2.59. The van der Waals surface area contributed by atoms with Gasteiger partial charge in [-0.1, -0.05) is 30.1 Å². The van der Waals surface area contributed by atoms with E-state index in [9.17, 15) is 9.59 Å². The van der Waals surface area contributed by atoms with Crippen molar-refractivity contribution in [2.45, 2.75) is 19.8 Å². The first-order valence-corrected chi connectivity index (χ1v) is 6.60. The summed E-state index contributed by atoms with van der Waals surface area (Å²) in [6.45, 7) is 2.30. The Balaban J connectivity index is 2.48. The molecule has 1 aromatic carbocycles. The van der Waals surface area contributed by atoms with Crippen LogP contribution in [0.15, 0.2) is 18.2 Å². The van der Waals surface area contributed by atoms with Crippen LogP contribution >= 0.6 is 23.2 Å². The lowest BCUT2D eigenvalue weighted by Crippen LogP contribution is -2.28. The van der Waals surface area contributed by atoms with Crippen LogP contribution in [0.5, 0.6) is 0 Å². The van der Waals surface area contributed by atoms with Crippen molar-refractivity contribution >= 4 is 35.1 Å². The van der Waals surface area contributed by atoms with Gasteiger partial charge in [0.15, 0.2) is 0 Å². The Morgan fingerprint density at radius 3 is 2.37 bits per heavy atom. The van der Waals surface area contributed by atoms with E-state index in [1.165, 1.54) is 12.1 Å². The number of carbonyl (C=O) groups is 2. The maximum Gasteiger partial charge on any atom is 0.303 e. The van der Waals surface area contributed by atoms with E-state index < -0.39 is 5.97 Å². The molecule has 1 amide bonds. The molecule has 0 saturated heterocycles. The van der Waals surface area contributed by atoms with Crippen LogP contribution in [0.3, 0.4) is 0 Å². The summed E-state index contributed by atoms with van der Waals surface area (Å²) >= 11 is 11.6. The maximum atomic E-state index is 11.8. The lowest BCUT2D eigenvalue weighted by molar-refractivity contribution is -0.137. The summed E-state index contributed by atoms with van der Waals surface area (Å²) in [5, 5.41) is 12.1. The van der Waals surface area contributed by atoms with Gasteiger partial charge in [0.1, 0.15) is 0 Å². The van der Waals surface area contributed by atoms with E-state index in [1.807, 2.05) is 6.92 Å². The number of benzene rings is 1. The van der Waals surface area contributed by atoms with Crippen molar-refractivity contribution in [3.8, 4) is 0 Å². The third-order valence-corrected chi connectivity index (χ3v) is 3.02. The van der Waals surface area contributed by atoms with Crippen LogP contribution in [0.1, 0.15) is 30.1 Å². The predicted octanol–water partition coefficient (Wildman–Crippen LogP) is 3.22. The summed E-state index contributed by atoms with van der Waals surface area (Å²) in [5.74, 6) is -1.01. The highest BCUT2D eigenvalue weighted by Crippen LogP contribution is 2.19. The van der Waals surface area contributed by atoms with Gasteiger partial charge in [-0.05, 0) is 30.5 Å². The Morgan fingerprint density at radius 1 is 1.26 bits per heavy atom. The van der Waals surface area contributed by atoms with E-state index in [1.54, 1.807) is 6.07 Å². The van der Waals surface area contributed by atoms with Crippen LogP contribution in [0.2, 0.25) is 10.0 Å². The fourth-order valence-electron chi connectivity index (χ4n) is 1.53. The summed E-state index contributed by atoms with van der Waals surface area (Å²) in [7, 11) is 0. The van der Waals surface area contributed by atoms with Gasteiger partial charge in [0.2, 0.25) is 0 Å². The lowest BCUT2D eigenvalue weighted by Gasteiger charge is -2.11. The van der Waals surface area contributed by atoms with Crippen molar-refractivity contribution in [1.82, 2.24) is 5.32 Å². The van der Waals surface area contributed by atoms with Crippen LogP contribution in [0.25, 0.3) is 0 Å². The van der Waals surface area contributed by atoms with E-state index in [0.29, 0.717) is 28.6 Å². The number of rotatable bonds is 6. The first-order chi connectivity index (χ1) is 8.88. The number of amides is 1. The molecule has 6 heteroatoms. The zero-order chi connectivity index (χ0) is 14.4. The van der Waals surface area contributed by atoms with Gasteiger partial charge >= 0.3 is 5.97 Å². The number of carbonyl (C=O) groups excluding carboxylic acids is 1. The Hall–Kier alpha value is -1.26. The molecule has 1 rings (SSSR count). The molecular weight excluding hydrogens is 289 g/mol. The Kier molecular flexibility index (Phi) is 6.12. The second-order valence-corrected chi connectivity index (χ2v) is 5.28. The smallest absolute Gasteiger partial charge is 0.303 e. The Bertz CT molecular complexity index is 457. The number of carboxylic acid groups (broad SMARTS) is 1. The molecule has 0 saturated carbocycles. The lowest BCUT2D eigenvalue weighted by atomic mass is 10.1. The van der Waals surface area contributed by atoms with Crippen molar-refractivity contribution < 1.29 is 14.7 Å². The van der Waals surface area contributed by atoms with Crippen molar-refractivity contribution in [3.05, 3.63) is 33.8 Å². The highest BCUT2D eigenvalue weighted by Gasteiger charge is 2.10. The molecule has 0 aliphatic heterocycles. The summed E-state index contributed by atoms with van der Waals surface area (Å²) < 4.78 is 0. The average Bonchev–Trinajstić information content (AvgIpc) is 2.32. The molecule has 0 heterocycles. The molecule has 1 aromatic rings. The van der Waals surface area contributed by atoms with Gasteiger partial charge in [0.05, 0.1) is 0 Å². The van der Waals surface area contributed by atoms with Gasteiger partial charge in [-0.15, -0.1) is 0 Å². The van der Waals surface area contributed by atoms with Crippen molar-refractivity contribution in [3.63, 3.8) is 0 Å². The quantitative estimate of drug-likeness (QED) is 0.848. The molecule has 0 aromatic heterocycles. The number of carboxylic acids is 1. The van der Waals surface area contributed by atoms with Crippen LogP contribution in [0.4, 0.5) is 0 Å². The fourth-order valence-corrected chi connectivity index (χ4v) is 2.05. The maximum absolute atomic E-state index is 11.8. The first kappa shape index (κ1) is 15.8. The molecule has 0 radical (unpaired) electrons. The van der Waals surface area contributed by atoms with Gasteiger partial charge in [0, 0.05) is 28.6 Å². The van der Waals surface area contributed by atoms with Crippen molar-refractivity contribution in [2.24, 2.45) is 5.92 Å². The first-order valence-electron chi connectivity index (χ1n) is 5.84. The second kappa shape index (κ2) is 7.36. The zero-order valence-corrected chi connectivity index (χ0v) is 12.0. The molecule has 0 spiro atoms. The summed E-state index contributed by atoms with van der Waals surface area (Å²) in [5.41, 5.74) is 0.392. The van der Waals surface area contributed by atoms with E-state index in [-0.39, 0.29) is 18.2 Å². The van der Waals surface area contributed by atoms with E-state index in [2.05, 4.69) is 5.32 Å². The number of hydrogen-bond acceptors (Lipinski definition) is 2. The fraction of sp³-hybridized carbons (Fsp3) is 0.385. The monoisotopic (exact) mass is 303 g/mol. The Morgan fingerprint density at radius 2 is 1.84 bits per heavy atom. The number of nitrogens with one attached hydrogen (secondary N) is 1. The van der Waals surface area contributed by atoms with E-state index >= 15 is 0 Å². The normalized spacial score (nSPS) is 11.9. The molecule has 0 aliphatic rings. The van der Waals surface area contributed by atoms with Gasteiger partial charge < -0.3 is 10.4 Å².